The van der Waals surface area contributed by atoms with Gasteiger partial charge in [0.1, 0.15) is 6.61 Å². The van der Waals surface area contributed by atoms with Gasteiger partial charge in [0, 0.05) is 12.8 Å². The van der Waals surface area contributed by atoms with E-state index in [2.05, 4.69) is 79.1 Å². The summed E-state index contributed by atoms with van der Waals surface area (Å²) in [5, 5.41) is 0. The molecule has 0 aliphatic rings. The standard InChI is InChI=1S/C42H73O8P/c1-3-5-7-9-11-13-15-17-19-20-21-22-23-25-27-29-31-33-35-37-42(44)50-40(39-49-51(45,46)47)38-48-41(43)36-34-32-30-28-26-24-18-16-14-12-10-8-6-4-2/h11,13,16-19,21-22,25,27,40H,3-10,12,14-15,20,23-24,26,28-39H2,1-2H3,(H2,45,46,47)/b13-11-,18-16-,19-17-,22-21-,27-25-/t40-/m1/s1. The van der Waals surface area contributed by atoms with Crippen molar-refractivity contribution in [2.45, 2.75) is 180 Å². The van der Waals surface area contributed by atoms with Gasteiger partial charge in [0.25, 0.3) is 0 Å². The van der Waals surface area contributed by atoms with Gasteiger partial charge in [-0.2, -0.15) is 0 Å². The normalized spacial score (nSPS) is 13.1. The van der Waals surface area contributed by atoms with Gasteiger partial charge in [0.2, 0.25) is 0 Å². The third-order valence-corrected chi connectivity index (χ3v) is 8.74. The SMILES string of the molecule is CCCCC/C=C\C/C=C\C/C=C\C/C=C\CCCCCC(=O)O[C@H](COC(=O)CCCCCCC/C=C\CCCCCCC)COP(=O)(O)O. The summed E-state index contributed by atoms with van der Waals surface area (Å²) in [5.41, 5.74) is 0. The van der Waals surface area contributed by atoms with Crippen LogP contribution in [-0.4, -0.2) is 41.0 Å². The lowest BCUT2D eigenvalue weighted by Crippen LogP contribution is -2.29. The van der Waals surface area contributed by atoms with Gasteiger partial charge in [-0.15, -0.1) is 0 Å². The molecule has 0 radical (unpaired) electrons. The minimum atomic E-state index is -4.76. The molecular weight excluding hydrogens is 663 g/mol. The Morgan fingerprint density at radius 3 is 1.39 bits per heavy atom. The summed E-state index contributed by atoms with van der Waals surface area (Å²) in [6.07, 6.45) is 46.5. The van der Waals surface area contributed by atoms with Crippen molar-refractivity contribution in [3.8, 4) is 0 Å². The molecule has 0 fully saturated rings. The molecule has 1 atom stereocenters. The summed E-state index contributed by atoms with van der Waals surface area (Å²) in [6, 6.07) is 0. The zero-order chi connectivity index (χ0) is 37.5. The molecule has 0 aromatic carbocycles. The average Bonchev–Trinajstić information content (AvgIpc) is 3.10. The number of allylic oxidation sites excluding steroid dienone is 10. The van der Waals surface area contributed by atoms with Crippen LogP contribution in [0.1, 0.15) is 174 Å². The maximum absolute atomic E-state index is 12.4. The molecule has 0 unspecified atom stereocenters. The lowest BCUT2D eigenvalue weighted by atomic mass is 10.1. The minimum absolute atomic E-state index is 0.170. The Morgan fingerprint density at radius 1 is 0.510 bits per heavy atom. The van der Waals surface area contributed by atoms with Gasteiger partial charge in [0.05, 0.1) is 6.61 Å². The largest absolute Gasteiger partial charge is 0.469 e. The Bertz CT molecular complexity index is 1010. The van der Waals surface area contributed by atoms with Gasteiger partial charge in [-0.1, -0.05) is 139 Å². The van der Waals surface area contributed by atoms with E-state index in [4.69, 9.17) is 19.3 Å². The number of unbranched alkanes of at least 4 members (excludes halogenated alkanes) is 16. The molecule has 9 heteroatoms. The van der Waals surface area contributed by atoms with Crippen molar-refractivity contribution in [2.24, 2.45) is 0 Å². The molecule has 0 saturated heterocycles. The number of hydrogen-bond donors (Lipinski definition) is 2. The molecule has 0 amide bonds. The van der Waals surface area contributed by atoms with Gasteiger partial charge in [-0.05, 0) is 83.5 Å². The van der Waals surface area contributed by atoms with E-state index >= 15 is 0 Å². The van der Waals surface area contributed by atoms with E-state index in [0.717, 1.165) is 70.6 Å². The highest BCUT2D eigenvalue weighted by atomic mass is 31.2. The van der Waals surface area contributed by atoms with E-state index in [9.17, 15) is 14.2 Å². The number of esters is 2. The highest BCUT2D eigenvalue weighted by molar-refractivity contribution is 7.46. The molecule has 51 heavy (non-hydrogen) atoms. The fourth-order valence-electron chi connectivity index (χ4n) is 5.23. The Morgan fingerprint density at radius 2 is 0.882 bits per heavy atom. The molecule has 0 rings (SSSR count). The van der Waals surface area contributed by atoms with Gasteiger partial charge >= 0.3 is 19.8 Å². The Hall–Kier alpha value is -2.25. The van der Waals surface area contributed by atoms with Gasteiger partial charge in [0.15, 0.2) is 6.10 Å². The molecule has 0 heterocycles. The monoisotopic (exact) mass is 737 g/mol. The van der Waals surface area contributed by atoms with Crippen LogP contribution in [0.2, 0.25) is 0 Å². The van der Waals surface area contributed by atoms with E-state index in [1.54, 1.807) is 0 Å². The summed E-state index contributed by atoms with van der Waals surface area (Å²) in [6.45, 7) is 3.60. The fraction of sp³-hybridized carbons (Fsp3) is 0.714. The van der Waals surface area contributed by atoms with E-state index in [1.165, 1.54) is 64.2 Å². The predicted octanol–water partition coefficient (Wildman–Crippen LogP) is 12.1. The molecule has 0 aliphatic heterocycles. The van der Waals surface area contributed by atoms with Crippen molar-refractivity contribution < 1.29 is 37.9 Å². The van der Waals surface area contributed by atoms with E-state index in [-0.39, 0.29) is 19.4 Å². The predicted molar refractivity (Wildman–Crippen MR) is 211 cm³/mol. The first kappa shape index (κ1) is 48.8. The van der Waals surface area contributed by atoms with Crippen LogP contribution in [0.25, 0.3) is 0 Å². The number of carbonyl (C=O) groups is 2. The fourth-order valence-corrected chi connectivity index (χ4v) is 5.59. The number of rotatable bonds is 36. The zero-order valence-electron chi connectivity index (χ0n) is 32.2. The molecule has 0 spiro atoms. The topological polar surface area (TPSA) is 119 Å². The maximum Gasteiger partial charge on any atom is 0.469 e. The van der Waals surface area contributed by atoms with Crippen molar-refractivity contribution in [1.29, 1.82) is 0 Å². The number of ether oxygens (including phenoxy) is 2. The molecule has 0 saturated carbocycles. The van der Waals surface area contributed by atoms with Gasteiger partial charge in [-0.3, -0.25) is 14.1 Å². The Kier molecular flexibility index (Phi) is 35.9. The van der Waals surface area contributed by atoms with E-state index < -0.39 is 32.5 Å². The first-order valence-electron chi connectivity index (χ1n) is 20.1. The second kappa shape index (κ2) is 37.5. The summed E-state index contributed by atoms with van der Waals surface area (Å²) in [5.74, 6) is -0.934. The third kappa shape index (κ3) is 40.4. The molecular formula is C42H73O8P. The van der Waals surface area contributed by atoms with Crippen LogP contribution in [0.15, 0.2) is 60.8 Å². The van der Waals surface area contributed by atoms with Crippen LogP contribution in [-0.2, 0) is 28.2 Å². The lowest BCUT2D eigenvalue weighted by molar-refractivity contribution is -0.161. The van der Waals surface area contributed by atoms with Crippen molar-refractivity contribution >= 4 is 19.8 Å². The van der Waals surface area contributed by atoms with Crippen LogP contribution >= 0.6 is 7.82 Å². The highest BCUT2D eigenvalue weighted by Gasteiger charge is 2.22. The molecule has 0 bridgehead atoms. The summed E-state index contributed by atoms with van der Waals surface area (Å²) < 4.78 is 26.3. The molecule has 0 aromatic heterocycles. The van der Waals surface area contributed by atoms with Crippen LogP contribution in [0.5, 0.6) is 0 Å². The number of phosphoric acid groups is 1. The Labute approximate surface area is 311 Å². The van der Waals surface area contributed by atoms with Crippen molar-refractivity contribution in [1.82, 2.24) is 0 Å². The average molecular weight is 737 g/mol. The number of phosphoric ester groups is 1. The number of carbonyl (C=O) groups excluding carboxylic acids is 2. The summed E-state index contributed by atoms with van der Waals surface area (Å²) >= 11 is 0. The lowest BCUT2D eigenvalue weighted by Gasteiger charge is -2.18. The molecule has 0 aromatic rings. The molecule has 2 N–H and O–H groups in total. The molecule has 294 valence electrons. The smallest absolute Gasteiger partial charge is 0.462 e. The highest BCUT2D eigenvalue weighted by Crippen LogP contribution is 2.36. The summed E-state index contributed by atoms with van der Waals surface area (Å²) in [4.78, 5) is 42.8. The van der Waals surface area contributed by atoms with Crippen LogP contribution in [0.3, 0.4) is 0 Å². The molecule has 8 nitrogen and oxygen atoms in total. The van der Waals surface area contributed by atoms with Crippen molar-refractivity contribution in [3.05, 3.63) is 60.8 Å². The van der Waals surface area contributed by atoms with Crippen molar-refractivity contribution in [2.75, 3.05) is 13.2 Å². The van der Waals surface area contributed by atoms with Crippen molar-refractivity contribution in [3.63, 3.8) is 0 Å². The summed E-state index contributed by atoms with van der Waals surface area (Å²) in [7, 11) is -4.76. The zero-order valence-corrected chi connectivity index (χ0v) is 33.1. The van der Waals surface area contributed by atoms with Gasteiger partial charge in [-0.25, -0.2) is 4.57 Å². The molecule has 0 aliphatic carbocycles. The van der Waals surface area contributed by atoms with Crippen LogP contribution in [0, 0.1) is 0 Å². The first-order chi connectivity index (χ1) is 24.8. The van der Waals surface area contributed by atoms with E-state index in [1.807, 2.05) is 0 Å². The van der Waals surface area contributed by atoms with Crippen LogP contribution in [0.4, 0.5) is 0 Å². The number of hydrogen-bond acceptors (Lipinski definition) is 6. The van der Waals surface area contributed by atoms with Gasteiger partial charge < -0.3 is 19.3 Å². The van der Waals surface area contributed by atoms with E-state index in [0.29, 0.717) is 12.8 Å². The third-order valence-electron chi connectivity index (χ3n) is 8.26. The minimum Gasteiger partial charge on any atom is -0.462 e. The second-order valence-electron chi connectivity index (χ2n) is 13.2. The van der Waals surface area contributed by atoms with Crippen LogP contribution < -0.4 is 0 Å². The second-order valence-corrected chi connectivity index (χ2v) is 14.5. The maximum atomic E-state index is 12.4. The first-order valence-corrected chi connectivity index (χ1v) is 21.6. The Balaban J connectivity index is 4.04. The quantitative estimate of drug-likeness (QED) is 0.0282.